The van der Waals surface area contributed by atoms with Gasteiger partial charge in [-0.25, -0.2) is 4.98 Å². The molecule has 17 heavy (non-hydrogen) atoms. The molecule has 1 aromatic rings. The number of hydrogen-bond donors (Lipinski definition) is 1. The monoisotopic (exact) mass is 255 g/mol. The van der Waals surface area contributed by atoms with Gasteiger partial charge in [0, 0.05) is 18.0 Å². The van der Waals surface area contributed by atoms with E-state index in [1.165, 1.54) is 18.3 Å². The summed E-state index contributed by atoms with van der Waals surface area (Å²) in [5.41, 5.74) is -0.156. The van der Waals surface area contributed by atoms with Gasteiger partial charge in [-0.3, -0.25) is 14.3 Å². The molecule has 2 unspecified atom stereocenters. The van der Waals surface area contributed by atoms with E-state index in [1.807, 2.05) is 0 Å². The molecule has 1 aliphatic rings. The van der Waals surface area contributed by atoms with Crippen molar-refractivity contribution in [3.8, 4) is 0 Å². The van der Waals surface area contributed by atoms with E-state index in [0.29, 0.717) is 11.7 Å². The summed E-state index contributed by atoms with van der Waals surface area (Å²) in [6, 6.07) is 2.82. The van der Waals surface area contributed by atoms with Crippen LogP contribution in [0.4, 0.5) is 5.69 Å². The quantitative estimate of drug-likeness (QED) is 0.632. The molecule has 0 bridgehead atoms. The Labute approximate surface area is 101 Å². The Hall–Kier alpha value is -1.34. The van der Waals surface area contributed by atoms with E-state index in [9.17, 15) is 14.3 Å². The maximum Gasteiger partial charge on any atom is 0.303 e. The summed E-state index contributed by atoms with van der Waals surface area (Å²) in [4.78, 5) is 14.1. The molecule has 6 nitrogen and oxygen atoms in total. The van der Waals surface area contributed by atoms with E-state index in [-0.39, 0.29) is 10.7 Å². The number of hydrogen-bond acceptors (Lipinski definition) is 5. The molecule has 0 radical (unpaired) electrons. The molecular formula is C10H13N3O3S. The Bertz CT molecular complexity index is 446. The first-order valence-corrected chi connectivity index (χ1v) is 6.69. The summed E-state index contributed by atoms with van der Waals surface area (Å²) in [5.74, 6) is 0.752. The van der Waals surface area contributed by atoms with Crippen LogP contribution >= 0.6 is 0 Å². The fraction of sp³-hybridized carbons (Fsp3) is 0.500. The lowest BCUT2D eigenvalue weighted by atomic mass is 10.2. The molecule has 1 N–H and O–H groups in total. The molecular weight excluding hydrogens is 242 g/mol. The van der Waals surface area contributed by atoms with Crippen LogP contribution in [0, 0.1) is 16.0 Å². The number of pyridine rings is 1. The SMILES string of the molecule is O=[N+]([O-])c1cccnc1S(=O)CC1CCNC1. The third-order valence-electron chi connectivity index (χ3n) is 2.71. The predicted molar refractivity (Wildman–Crippen MR) is 63.1 cm³/mol. The Morgan fingerprint density at radius 1 is 1.65 bits per heavy atom. The van der Waals surface area contributed by atoms with Gasteiger partial charge >= 0.3 is 5.69 Å². The minimum Gasteiger partial charge on any atom is -0.316 e. The molecule has 2 atom stereocenters. The second kappa shape index (κ2) is 5.33. The van der Waals surface area contributed by atoms with Gasteiger partial charge in [0.2, 0.25) is 5.03 Å². The van der Waals surface area contributed by atoms with E-state index >= 15 is 0 Å². The van der Waals surface area contributed by atoms with Crippen molar-refractivity contribution in [2.24, 2.45) is 5.92 Å². The van der Waals surface area contributed by atoms with Crippen molar-refractivity contribution >= 4 is 16.5 Å². The summed E-state index contributed by atoms with van der Waals surface area (Å²) in [6.45, 7) is 1.75. The average Bonchev–Trinajstić information content (AvgIpc) is 2.81. The van der Waals surface area contributed by atoms with Crippen LogP contribution < -0.4 is 5.32 Å². The summed E-state index contributed by atoms with van der Waals surface area (Å²) >= 11 is 0. The lowest BCUT2D eigenvalue weighted by molar-refractivity contribution is -0.388. The van der Waals surface area contributed by atoms with Crippen molar-refractivity contribution in [2.45, 2.75) is 11.4 Å². The molecule has 2 rings (SSSR count). The number of nitro groups is 1. The number of rotatable bonds is 4. The van der Waals surface area contributed by atoms with Gasteiger partial charge in [-0.15, -0.1) is 0 Å². The highest BCUT2D eigenvalue weighted by atomic mass is 32.2. The molecule has 0 aliphatic carbocycles. The number of nitrogens with zero attached hydrogens (tertiary/aromatic N) is 2. The van der Waals surface area contributed by atoms with Gasteiger partial charge in [0.1, 0.15) is 0 Å². The Morgan fingerprint density at radius 3 is 3.12 bits per heavy atom. The third kappa shape index (κ3) is 2.86. The van der Waals surface area contributed by atoms with E-state index in [0.717, 1.165) is 19.5 Å². The van der Waals surface area contributed by atoms with Crippen molar-refractivity contribution in [1.29, 1.82) is 0 Å². The van der Waals surface area contributed by atoms with Crippen molar-refractivity contribution in [3.05, 3.63) is 28.4 Å². The Morgan fingerprint density at radius 2 is 2.47 bits per heavy atom. The first-order valence-electron chi connectivity index (χ1n) is 5.37. The molecule has 1 fully saturated rings. The smallest absolute Gasteiger partial charge is 0.303 e. The van der Waals surface area contributed by atoms with Gasteiger partial charge in [-0.2, -0.15) is 0 Å². The first-order chi connectivity index (χ1) is 8.18. The van der Waals surface area contributed by atoms with Crippen LogP contribution in [0.1, 0.15) is 6.42 Å². The summed E-state index contributed by atoms with van der Waals surface area (Å²) in [6.07, 6.45) is 2.40. The van der Waals surface area contributed by atoms with Gasteiger partial charge in [0.15, 0.2) is 0 Å². The zero-order valence-electron chi connectivity index (χ0n) is 9.17. The minimum absolute atomic E-state index is 0.0874. The maximum absolute atomic E-state index is 12.0. The zero-order valence-corrected chi connectivity index (χ0v) is 9.98. The van der Waals surface area contributed by atoms with Gasteiger partial charge < -0.3 is 5.32 Å². The van der Waals surface area contributed by atoms with Crippen LogP contribution in [0.15, 0.2) is 23.4 Å². The molecule has 1 aromatic heterocycles. The highest BCUT2D eigenvalue weighted by Crippen LogP contribution is 2.21. The van der Waals surface area contributed by atoms with E-state index in [1.54, 1.807) is 0 Å². The summed E-state index contributed by atoms with van der Waals surface area (Å²) in [5, 5.41) is 14.0. The molecule has 0 amide bonds. The molecule has 92 valence electrons. The van der Waals surface area contributed by atoms with E-state index in [4.69, 9.17) is 0 Å². The number of aromatic nitrogens is 1. The van der Waals surface area contributed by atoms with E-state index < -0.39 is 15.7 Å². The predicted octanol–water partition coefficient (Wildman–Crippen LogP) is 0.707. The second-order valence-electron chi connectivity index (χ2n) is 3.96. The summed E-state index contributed by atoms with van der Waals surface area (Å²) < 4.78 is 12.0. The Kier molecular flexibility index (Phi) is 3.80. The lowest BCUT2D eigenvalue weighted by Crippen LogP contribution is -2.16. The molecule has 0 aromatic carbocycles. The Balaban J connectivity index is 2.15. The normalized spacial score (nSPS) is 21.3. The maximum atomic E-state index is 12.0. The van der Waals surface area contributed by atoms with Gasteiger partial charge in [-0.1, -0.05) is 0 Å². The van der Waals surface area contributed by atoms with Crippen LogP contribution in [0.3, 0.4) is 0 Å². The molecule has 1 aliphatic heterocycles. The first kappa shape index (κ1) is 12.1. The highest BCUT2D eigenvalue weighted by molar-refractivity contribution is 7.85. The molecule has 0 saturated carbocycles. The van der Waals surface area contributed by atoms with Crippen molar-refractivity contribution in [1.82, 2.24) is 10.3 Å². The van der Waals surface area contributed by atoms with Crippen molar-refractivity contribution in [2.75, 3.05) is 18.8 Å². The molecule has 2 heterocycles. The largest absolute Gasteiger partial charge is 0.316 e. The van der Waals surface area contributed by atoms with Crippen LogP contribution in [0.2, 0.25) is 0 Å². The molecule has 0 spiro atoms. The molecule has 1 saturated heterocycles. The van der Waals surface area contributed by atoms with Gasteiger partial charge in [0.25, 0.3) is 0 Å². The fourth-order valence-electron chi connectivity index (χ4n) is 1.85. The fourth-order valence-corrected chi connectivity index (χ4v) is 3.27. The minimum atomic E-state index is -1.40. The lowest BCUT2D eigenvalue weighted by Gasteiger charge is -2.07. The van der Waals surface area contributed by atoms with E-state index in [2.05, 4.69) is 10.3 Å². The highest BCUT2D eigenvalue weighted by Gasteiger charge is 2.24. The second-order valence-corrected chi connectivity index (χ2v) is 5.37. The molecule has 7 heteroatoms. The van der Waals surface area contributed by atoms with Crippen LogP contribution in [-0.4, -0.2) is 33.0 Å². The summed E-state index contributed by atoms with van der Waals surface area (Å²) in [7, 11) is -1.40. The zero-order chi connectivity index (χ0) is 12.3. The standard InChI is InChI=1S/C10H13N3O3S/c14-13(15)9-2-1-4-12-10(9)17(16)7-8-3-5-11-6-8/h1-2,4,8,11H,3,5-7H2. The average molecular weight is 255 g/mol. The van der Waals surface area contributed by atoms with Crippen molar-refractivity contribution in [3.63, 3.8) is 0 Å². The van der Waals surface area contributed by atoms with Gasteiger partial charge in [0.05, 0.1) is 15.7 Å². The van der Waals surface area contributed by atoms with Crippen LogP contribution in [-0.2, 0) is 10.8 Å². The third-order valence-corrected chi connectivity index (χ3v) is 4.23. The van der Waals surface area contributed by atoms with Crippen LogP contribution in [0.25, 0.3) is 0 Å². The van der Waals surface area contributed by atoms with Gasteiger partial charge in [-0.05, 0) is 31.5 Å². The topological polar surface area (TPSA) is 85.1 Å². The van der Waals surface area contributed by atoms with Crippen LogP contribution in [0.5, 0.6) is 0 Å². The van der Waals surface area contributed by atoms with Crippen molar-refractivity contribution < 1.29 is 9.13 Å². The number of nitrogens with one attached hydrogen (secondary N) is 1.